The van der Waals surface area contributed by atoms with E-state index in [0.717, 1.165) is 47.6 Å². The first-order valence-corrected chi connectivity index (χ1v) is 10.4. The van der Waals surface area contributed by atoms with E-state index in [4.69, 9.17) is 0 Å². The third kappa shape index (κ3) is 4.13. The second-order valence-corrected chi connectivity index (χ2v) is 8.14. The molecule has 160 valence electrons. The number of nitrogens with one attached hydrogen (secondary N) is 1. The molecule has 0 amide bonds. The van der Waals surface area contributed by atoms with Crippen LogP contribution in [0.15, 0.2) is 61.2 Å². The standard InChI is InChI=1S/C26H26F2N2O/c1-16-8-9-19(13-24(16)29-14-22-23(27)10-11-25(31)26(22)28)18(3)30-15-21-7-5-4-6-20(21)12-17(30)2/h4-11,13,17,29,31H,3,12,14-15H2,1-2H3. The van der Waals surface area contributed by atoms with Crippen molar-refractivity contribution < 1.29 is 13.9 Å². The van der Waals surface area contributed by atoms with Gasteiger partial charge in [-0.2, -0.15) is 0 Å². The van der Waals surface area contributed by atoms with E-state index < -0.39 is 17.4 Å². The van der Waals surface area contributed by atoms with Gasteiger partial charge in [0, 0.05) is 36.1 Å². The molecule has 0 fully saturated rings. The molecule has 1 atom stereocenters. The summed E-state index contributed by atoms with van der Waals surface area (Å²) in [6.45, 7) is 9.20. The first-order valence-electron chi connectivity index (χ1n) is 10.4. The zero-order valence-corrected chi connectivity index (χ0v) is 17.8. The van der Waals surface area contributed by atoms with Crippen LogP contribution in [0, 0.1) is 18.6 Å². The second kappa shape index (κ2) is 8.42. The van der Waals surface area contributed by atoms with Crippen molar-refractivity contribution in [2.45, 2.75) is 39.4 Å². The fraction of sp³-hybridized carbons (Fsp3) is 0.231. The lowest BCUT2D eigenvalue weighted by Crippen LogP contribution is -2.36. The van der Waals surface area contributed by atoms with E-state index in [0.29, 0.717) is 6.04 Å². The number of aromatic hydroxyl groups is 1. The largest absolute Gasteiger partial charge is 0.505 e. The number of benzene rings is 3. The number of rotatable bonds is 5. The number of phenolic OH excluding ortho intramolecular Hbond substituents is 1. The summed E-state index contributed by atoms with van der Waals surface area (Å²) in [6.07, 6.45) is 0.961. The predicted molar refractivity (Wildman–Crippen MR) is 121 cm³/mol. The molecular weight excluding hydrogens is 394 g/mol. The highest BCUT2D eigenvalue weighted by Gasteiger charge is 2.24. The highest BCUT2D eigenvalue weighted by atomic mass is 19.1. The molecule has 0 spiro atoms. The van der Waals surface area contributed by atoms with Crippen LogP contribution < -0.4 is 5.32 Å². The minimum Gasteiger partial charge on any atom is -0.505 e. The van der Waals surface area contributed by atoms with E-state index in [1.165, 1.54) is 11.1 Å². The van der Waals surface area contributed by atoms with Crippen molar-refractivity contribution in [3.8, 4) is 5.75 Å². The van der Waals surface area contributed by atoms with Gasteiger partial charge in [0.05, 0.1) is 0 Å². The summed E-state index contributed by atoms with van der Waals surface area (Å²) in [4.78, 5) is 2.30. The van der Waals surface area contributed by atoms with Crippen molar-refractivity contribution in [3.05, 3.63) is 101 Å². The van der Waals surface area contributed by atoms with Crippen LogP contribution in [0.2, 0.25) is 0 Å². The molecule has 3 aromatic carbocycles. The third-order valence-corrected chi connectivity index (χ3v) is 6.05. The number of nitrogens with zero attached hydrogens (tertiary/aromatic N) is 1. The maximum absolute atomic E-state index is 14.1. The lowest BCUT2D eigenvalue weighted by Gasteiger charge is -2.38. The quantitative estimate of drug-likeness (QED) is 0.531. The van der Waals surface area contributed by atoms with Crippen LogP contribution in [0.25, 0.3) is 5.70 Å². The topological polar surface area (TPSA) is 35.5 Å². The molecule has 1 heterocycles. The zero-order chi connectivity index (χ0) is 22.1. The maximum atomic E-state index is 14.1. The van der Waals surface area contributed by atoms with Crippen molar-refractivity contribution >= 4 is 11.4 Å². The molecule has 4 rings (SSSR count). The lowest BCUT2D eigenvalue weighted by atomic mass is 9.93. The van der Waals surface area contributed by atoms with Crippen LogP contribution in [0.4, 0.5) is 14.5 Å². The highest BCUT2D eigenvalue weighted by Crippen LogP contribution is 2.32. The summed E-state index contributed by atoms with van der Waals surface area (Å²) < 4.78 is 28.2. The molecule has 1 aliphatic heterocycles. The van der Waals surface area contributed by atoms with Crippen molar-refractivity contribution in [1.82, 2.24) is 4.90 Å². The molecule has 0 radical (unpaired) electrons. The first kappa shape index (κ1) is 20.9. The lowest BCUT2D eigenvalue weighted by molar-refractivity contribution is 0.283. The summed E-state index contributed by atoms with van der Waals surface area (Å²) >= 11 is 0. The van der Waals surface area contributed by atoms with E-state index in [1.807, 2.05) is 25.1 Å². The van der Waals surface area contributed by atoms with Gasteiger partial charge in [-0.15, -0.1) is 0 Å². The number of anilines is 1. The molecule has 0 aromatic heterocycles. The zero-order valence-electron chi connectivity index (χ0n) is 17.8. The molecular formula is C26H26F2N2O. The predicted octanol–water partition coefficient (Wildman–Crippen LogP) is 6.01. The van der Waals surface area contributed by atoms with Gasteiger partial charge in [0.15, 0.2) is 11.6 Å². The van der Waals surface area contributed by atoms with Crippen molar-refractivity contribution in [2.24, 2.45) is 0 Å². The molecule has 1 aliphatic rings. The molecule has 5 heteroatoms. The van der Waals surface area contributed by atoms with Crippen molar-refractivity contribution in [3.63, 3.8) is 0 Å². The summed E-state index contributed by atoms with van der Waals surface area (Å²) in [5.74, 6) is -2.19. The average Bonchev–Trinajstić information content (AvgIpc) is 2.76. The van der Waals surface area contributed by atoms with Gasteiger partial charge in [-0.3, -0.25) is 0 Å². The Hall–Kier alpha value is -3.34. The van der Waals surface area contributed by atoms with Crippen LogP contribution in [0.5, 0.6) is 5.75 Å². The molecule has 3 aromatic rings. The van der Waals surface area contributed by atoms with E-state index in [2.05, 4.69) is 48.0 Å². The molecule has 1 unspecified atom stereocenters. The van der Waals surface area contributed by atoms with Crippen LogP contribution >= 0.6 is 0 Å². The third-order valence-electron chi connectivity index (χ3n) is 6.05. The summed E-state index contributed by atoms with van der Waals surface area (Å²) in [5.41, 5.74) is 6.09. The van der Waals surface area contributed by atoms with Crippen molar-refractivity contribution in [1.29, 1.82) is 0 Å². The molecule has 2 N–H and O–H groups in total. The average molecular weight is 421 g/mol. The molecule has 0 aliphatic carbocycles. The smallest absolute Gasteiger partial charge is 0.172 e. The van der Waals surface area contributed by atoms with E-state index >= 15 is 0 Å². The Balaban J connectivity index is 1.55. The highest BCUT2D eigenvalue weighted by molar-refractivity contribution is 5.68. The van der Waals surface area contributed by atoms with Gasteiger partial charge >= 0.3 is 0 Å². The SMILES string of the molecule is C=C(c1ccc(C)c(NCc2c(F)ccc(O)c2F)c1)N1Cc2ccccc2CC1C. The van der Waals surface area contributed by atoms with Gasteiger partial charge in [-0.05, 0) is 60.7 Å². The van der Waals surface area contributed by atoms with Gasteiger partial charge < -0.3 is 15.3 Å². The molecule has 0 saturated carbocycles. The van der Waals surface area contributed by atoms with E-state index in [-0.39, 0.29) is 12.1 Å². The number of hydrogen-bond donors (Lipinski definition) is 2. The second-order valence-electron chi connectivity index (χ2n) is 8.14. The molecule has 0 saturated heterocycles. The van der Waals surface area contributed by atoms with Crippen LogP contribution in [0.3, 0.4) is 0 Å². The Morgan fingerprint density at radius 1 is 1.13 bits per heavy atom. The molecule has 31 heavy (non-hydrogen) atoms. The minimum absolute atomic E-state index is 0.0731. The van der Waals surface area contributed by atoms with E-state index in [9.17, 15) is 13.9 Å². The minimum atomic E-state index is -0.938. The summed E-state index contributed by atoms with van der Waals surface area (Å²) in [6, 6.07) is 16.8. The van der Waals surface area contributed by atoms with Crippen LogP contribution in [-0.2, 0) is 19.5 Å². The number of fused-ring (bicyclic) bond motifs is 1. The Kier molecular flexibility index (Phi) is 5.68. The van der Waals surface area contributed by atoms with Gasteiger partial charge in [0.2, 0.25) is 0 Å². The number of phenols is 1. The van der Waals surface area contributed by atoms with Gasteiger partial charge in [-0.1, -0.05) is 43.0 Å². The number of aryl methyl sites for hydroxylation is 1. The number of hydrogen-bond acceptors (Lipinski definition) is 3. The normalized spacial score (nSPS) is 15.5. The molecule has 0 bridgehead atoms. The summed E-state index contributed by atoms with van der Waals surface area (Å²) in [7, 11) is 0. The van der Waals surface area contributed by atoms with Crippen LogP contribution in [0.1, 0.15) is 34.7 Å². The Bertz CT molecular complexity index is 1140. The Morgan fingerprint density at radius 3 is 2.65 bits per heavy atom. The van der Waals surface area contributed by atoms with Crippen LogP contribution in [-0.4, -0.2) is 16.0 Å². The molecule has 3 nitrogen and oxygen atoms in total. The Labute approximate surface area is 181 Å². The van der Waals surface area contributed by atoms with Gasteiger partial charge in [-0.25, -0.2) is 8.78 Å². The van der Waals surface area contributed by atoms with E-state index in [1.54, 1.807) is 0 Å². The number of halogens is 2. The Morgan fingerprint density at radius 2 is 1.87 bits per heavy atom. The van der Waals surface area contributed by atoms with Gasteiger partial charge in [0.25, 0.3) is 0 Å². The first-order chi connectivity index (χ1) is 14.8. The maximum Gasteiger partial charge on any atom is 0.172 e. The van der Waals surface area contributed by atoms with Gasteiger partial charge in [0.1, 0.15) is 5.82 Å². The van der Waals surface area contributed by atoms with Crippen molar-refractivity contribution in [2.75, 3.05) is 5.32 Å². The monoisotopic (exact) mass is 420 g/mol. The fourth-order valence-corrected chi connectivity index (χ4v) is 4.13. The summed E-state index contributed by atoms with van der Waals surface area (Å²) in [5, 5.41) is 12.7. The fourth-order valence-electron chi connectivity index (χ4n) is 4.13.